The zero-order chi connectivity index (χ0) is 18.2. The minimum atomic E-state index is -0.390. The highest BCUT2D eigenvalue weighted by Gasteiger charge is 2.22. The zero-order valence-corrected chi connectivity index (χ0v) is 15.1. The second-order valence-corrected chi connectivity index (χ2v) is 6.20. The molecule has 2 rings (SSSR count). The van der Waals surface area contributed by atoms with Crippen LogP contribution >= 0.6 is 0 Å². The maximum absolute atomic E-state index is 13.8. The number of halogens is 1. The fourth-order valence-electron chi connectivity index (χ4n) is 2.42. The summed E-state index contributed by atoms with van der Waals surface area (Å²) < 4.78 is 18.7. The van der Waals surface area contributed by atoms with Crippen LogP contribution in [0.3, 0.4) is 0 Å². The van der Waals surface area contributed by atoms with Gasteiger partial charge in [0, 0.05) is 26.1 Å². The lowest BCUT2D eigenvalue weighted by Crippen LogP contribution is -2.39. The fraction of sp³-hybridized carbons (Fsp3) is 0.556. The van der Waals surface area contributed by atoms with E-state index in [-0.39, 0.29) is 17.7 Å². The van der Waals surface area contributed by atoms with Crippen LogP contribution in [0.4, 0.5) is 4.39 Å². The van der Waals surface area contributed by atoms with Crippen molar-refractivity contribution >= 4 is 11.9 Å². The van der Waals surface area contributed by atoms with E-state index in [1.54, 1.807) is 13.1 Å². The lowest BCUT2D eigenvalue weighted by atomic mass is 10.1. The maximum atomic E-state index is 13.8. The molecule has 7 heteroatoms. The van der Waals surface area contributed by atoms with E-state index in [9.17, 15) is 9.18 Å². The third-order valence-corrected chi connectivity index (χ3v) is 4.07. The zero-order valence-electron chi connectivity index (χ0n) is 15.1. The molecule has 1 aliphatic carbocycles. The summed E-state index contributed by atoms with van der Waals surface area (Å²) in [6.07, 6.45) is 3.43. The molecule has 6 nitrogen and oxygen atoms in total. The van der Waals surface area contributed by atoms with Crippen molar-refractivity contribution in [2.45, 2.75) is 44.7 Å². The number of guanidine groups is 1. The molecule has 0 saturated heterocycles. The largest absolute Gasteiger partial charge is 0.494 e. The van der Waals surface area contributed by atoms with Crippen molar-refractivity contribution in [2.24, 2.45) is 4.99 Å². The van der Waals surface area contributed by atoms with Crippen LogP contribution in [-0.2, 0) is 4.79 Å². The molecule has 0 spiro atoms. The molecule has 3 N–H and O–H groups in total. The molecule has 0 radical (unpaired) electrons. The molecule has 1 aromatic rings. The minimum Gasteiger partial charge on any atom is -0.494 e. The van der Waals surface area contributed by atoms with E-state index >= 15 is 0 Å². The first-order chi connectivity index (χ1) is 12.0. The van der Waals surface area contributed by atoms with Gasteiger partial charge >= 0.3 is 0 Å². The van der Waals surface area contributed by atoms with Crippen molar-refractivity contribution in [3.05, 3.63) is 29.6 Å². The van der Waals surface area contributed by atoms with Crippen molar-refractivity contribution in [3.63, 3.8) is 0 Å². The van der Waals surface area contributed by atoms with E-state index in [1.807, 2.05) is 13.0 Å². The molecule has 0 aromatic heterocycles. The average Bonchev–Trinajstić information content (AvgIpc) is 3.41. The molecule has 1 fully saturated rings. The van der Waals surface area contributed by atoms with Gasteiger partial charge in [-0.05, 0) is 43.9 Å². The molecular weight excluding hydrogens is 323 g/mol. The first-order valence-electron chi connectivity index (χ1n) is 8.63. The molecule has 25 heavy (non-hydrogen) atoms. The topological polar surface area (TPSA) is 74.8 Å². The van der Waals surface area contributed by atoms with Crippen LogP contribution in [0, 0.1) is 5.82 Å². The Morgan fingerprint density at radius 2 is 2.20 bits per heavy atom. The Morgan fingerprint density at radius 3 is 2.80 bits per heavy atom. The lowest BCUT2D eigenvalue weighted by Gasteiger charge is -2.18. The van der Waals surface area contributed by atoms with Gasteiger partial charge in [-0.2, -0.15) is 0 Å². The molecule has 1 unspecified atom stereocenters. The average molecular weight is 350 g/mol. The van der Waals surface area contributed by atoms with Crippen LogP contribution in [0.2, 0.25) is 0 Å². The summed E-state index contributed by atoms with van der Waals surface area (Å²) in [4.78, 5) is 15.8. The first-order valence-corrected chi connectivity index (χ1v) is 8.63. The van der Waals surface area contributed by atoms with E-state index in [1.165, 1.54) is 13.2 Å². The van der Waals surface area contributed by atoms with Gasteiger partial charge in [-0.3, -0.25) is 9.79 Å². The summed E-state index contributed by atoms with van der Waals surface area (Å²) in [5.74, 6) is 0.557. The van der Waals surface area contributed by atoms with Gasteiger partial charge in [-0.15, -0.1) is 0 Å². The Balaban J connectivity index is 1.74. The summed E-state index contributed by atoms with van der Waals surface area (Å²) >= 11 is 0. The number of benzene rings is 1. The van der Waals surface area contributed by atoms with E-state index < -0.39 is 5.82 Å². The van der Waals surface area contributed by atoms with Gasteiger partial charge in [0.1, 0.15) is 0 Å². The second kappa shape index (κ2) is 9.25. The van der Waals surface area contributed by atoms with Gasteiger partial charge in [-0.1, -0.05) is 6.07 Å². The number of nitrogens with zero attached hydrogens (tertiary/aromatic N) is 1. The molecule has 138 valence electrons. The molecule has 1 aromatic carbocycles. The quantitative estimate of drug-likeness (QED) is 0.381. The van der Waals surface area contributed by atoms with Gasteiger partial charge in [0.15, 0.2) is 17.5 Å². The van der Waals surface area contributed by atoms with Gasteiger partial charge in [0.05, 0.1) is 13.2 Å². The molecule has 1 aliphatic rings. The molecule has 1 saturated carbocycles. The molecule has 0 heterocycles. The van der Waals surface area contributed by atoms with Crippen LogP contribution in [0.15, 0.2) is 23.2 Å². The normalized spacial score (nSPS) is 15.4. The van der Waals surface area contributed by atoms with Crippen molar-refractivity contribution in [2.75, 3.05) is 20.7 Å². The smallest absolute Gasteiger partial charge is 0.220 e. The first kappa shape index (κ1) is 19.0. The number of ether oxygens (including phenoxy) is 1. The Morgan fingerprint density at radius 1 is 1.44 bits per heavy atom. The molecule has 0 aliphatic heterocycles. The number of rotatable bonds is 8. The van der Waals surface area contributed by atoms with E-state index in [4.69, 9.17) is 4.74 Å². The summed E-state index contributed by atoms with van der Waals surface area (Å²) in [5, 5.41) is 9.35. The SMILES string of the molecule is CN=C(NCCCC(=O)NC1CC1)NC(C)c1ccc(OC)c(F)c1. The van der Waals surface area contributed by atoms with Crippen molar-refractivity contribution in [3.8, 4) is 5.75 Å². The number of hydrogen-bond acceptors (Lipinski definition) is 3. The lowest BCUT2D eigenvalue weighted by molar-refractivity contribution is -0.121. The van der Waals surface area contributed by atoms with Crippen LogP contribution in [-0.4, -0.2) is 38.6 Å². The van der Waals surface area contributed by atoms with E-state index in [2.05, 4.69) is 20.9 Å². The summed E-state index contributed by atoms with van der Waals surface area (Å²) in [6.45, 7) is 2.57. The summed E-state index contributed by atoms with van der Waals surface area (Å²) in [6, 6.07) is 5.16. The van der Waals surface area contributed by atoms with Gasteiger partial charge in [0.2, 0.25) is 5.91 Å². The highest BCUT2D eigenvalue weighted by Crippen LogP contribution is 2.21. The van der Waals surface area contributed by atoms with Crippen LogP contribution in [0.25, 0.3) is 0 Å². The third-order valence-electron chi connectivity index (χ3n) is 4.07. The third kappa shape index (κ3) is 6.25. The summed E-state index contributed by atoms with van der Waals surface area (Å²) in [5.41, 5.74) is 0.796. The highest BCUT2D eigenvalue weighted by molar-refractivity contribution is 5.80. The highest BCUT2D eigenvalue weighted by atomic mass is 19.1. The minimum absolute atomic E-state index is 0.106. The van der Waals surface area contributed by atoms with Crippen LogP contribution < -0.4 is 20.7 Å². The number of methoxy groups -OCH3 is 1. The van der Waals surface area contributed by atoms with Gasteiger partial charge in [0.25, 0.3) is 0 Å². The standard InChI is InChI=1S/C18H27FN4O2/c1-12(13-6-9-16(25-3)15(19)11-13)22-18(20-2)21-10-4-5-17(24)23-14-7-8-14/h6,9,11-12,14H,4-5,7-8,10H2,1-3H3,(H,23,24)(H2,20,21,22). The van der Waals surface area contributed by atoms with Crippen molar-refractivity contribution in [1.82, 2.24) is 16.0 Å². The Kier molecular flexibility index (Phi) is 7.03. The Labute approximate surface area is 148 Å². The van der Waals surface area contributed by atoms with E-state index in [0.717, 1.165) is 24.8 Å². The van der Waals surface area contributed by atoms with Crippen LogP contribution in [0.1, 0.15) is 44.2 Å². The predicted octanol–water partition coefficient (Wildman–Crippen LogP) is 2.12. The van der Waals surface area contributed by atoms with Crippen molar-refractivity contribution < 1.29 is 13.9 Å². The number of carbonyl (C=O) groups is 1. The predicted molar refractivity (Wildman–Crippen MR) is 96.3 cm³/mol. The van der Waals surface area contributed by atoms with Gasteiger partial charge in [-0.25, -0.2) is 4.39 Å². The Bertz CT molecular complexity index is 617. The number of aliphatic imine (C=N–C) groups is 1. The van der Waals surface area contributed by atoms with Crippen LogP contribution in [0.5, 0.6) is 5.75 Å². The fourth-order valence-corrected chi connectivity index (χ4v) is 2.42. The number of amides is 1. The van der Waals surface area contributed by atoms with Gasteiger partial charge < -0.3 is 20.7 Å². The number of nitrogens with one attached hydrogen (secondary N) is 3. The molecular formula is C18H27FN4O2. The number of hydrogen-bond donors (Lipinski definition) is 3. The molecule has 1 atom stereocenters. The number of carbonyl (C=O) groups excluding carboxylic acids is 1. The maximum Gasteiger partial charge on any atom is 0.220 e. The monoisotopic (exact) mass is 350 g/mol. The summed E-state index contributed by atoms with van der Waals surface area (Å²) in [7, 11) is 3.12. The molecule has 0 bridgehead atoms. The van der Waals surface area contributed by atoms with E-state index in [0.29, 0.717) is 25.0 Å². The van der Waals surface area contributed by atoms with Crippen molar-refractivity contribution in [1.29, 1.82) is 0 Å². The second-order valence-electron chi connectivity index (χ2n) is 6.20. The Hall–Kier alpha value is -2.31. The molecule has 1 amide bonds.